The Kier molecular flexibility index (Phi) is 8.67. The van der Waals surface area contributed by atoms with Crippen LogP contribution in [0.2, 0.25) is 0 Å². The van der Waals surface area contributed by atoms with Crippen LogP contribution in [0, 0.1) is 5.92 Å². The Balaban J connectivity index is 2.11. The van der Waals surface area contributed by atoms with Crippen molar-refractivity contribution in [2.75, 3.05) is 33.9 Å². The van der Waals surface area contributed by atoms with Gasteiger partial charge >= 0.3 is 0 Å². The Morgan fingerprint density at radius 2 is 1.89 bits per heavy atom. The number of nitrogens with zero attached hydrogens (tertiary/aromatic N) is 1. The van der Waals surface area contributed by atoms with E-state index in [0.717, 1.165) is 19.2 Å². The molecule has 0 amide bonds. The van der Waals surface area contributed by atoms with Crippen molar-refractivity contribution in [2.24, 2.45) is 5.92 Å². The third kappa shape index (κ3) is 6.73. The van der Waals surface area contributed by atoms with Crippen LogP contribution in [0.4, 0.5) is 0 Å². The summed E-state index contributed by atoms with van der Waals surface area (Å²) in [6.45, 7) is 7.64. The highest BCUT2D eigenvalue weighted by Gasteiger charge is 2.17. The average Bonchev–Trinajstić information content (AvgIpc) is 2.42. The maximum absolute atomic E-state index is 5.27. The lowest BCUT2D eigenvalue weighted by Gasteiger charge is -2.31. The van der Waals surface area contributed by atoms with E-state index in [1.807, 2.05) is 0 Å². The topological polar surface area (TPSA) is 24.5 Å². The van der Waals surface area contributed by atoms with Gasteiger partial charge in [-0.1, -0.05) is 33.1 Å². The van der Waals surface area contributed by atoms with Crippen LogP contribution in [0.25, 0.3) is 0 Å². The van der Waals surface area contributed by atoms with Gasteiger partial charge in [-0.05, 0) is 45.3 Å². The van der Waals surface area contributed by atoms with E-state index in [1.54, 1.807) is 7.11 Å². The van der Waals surface area contributed by atoms with E-state index in [0.29, 0.717) is 12.0 Å². The van der Waals surface area contributed by atoms with E-state index in [2.05, 4.69) is 31.1 Å². The zero-order valence-corrected chi connectivity index (χ0v) is 13.5. The maximum Gasteiger partial charge on any atom is 0.0618 e. The summed E-state index contributed by atoms with van der Waals surface area (Å²) in [7, 11) is 4.08. The molecule has 0 saturated heterocycles. The Morgan fingerprint density at radius 3 is 2.47 bits per heavy atom. The minimum Gasteiger partial charge on any atom is -0.383 e. The first-order valence-electron chi connectivity index (χ1n) is 8.07. The zero-order chi connectivity index (χ0) is 14.1. The first-order chi connectivity index (χ1) is 9.15. The minimum absolute atomic E-state index is 0.491. The molecular formula is C16H34N2O. The summed E-state index contributed by atoms with van der Waals surface area (Å²) >= 11 is 0. The Labute approximate surface area is 120 Å². The molecule has 0 aromatic carbocycles. The van der Waals surface area contributed by atoms with Gasteiger partial charge in [-0.15, -0.1) is 0 Å². The number of rotatable bonds is 9. The predicted octanol–water partition coefficient (Wildman–Crippen LogP) is 2.90. The molecule has 0 radical (unpaired) electrons. The van der Waals surface area contributed by atoms with E-state index in [9.17, 15) is 0 Å². The molecule has 3 heteroatoms. The third-order valence-electron chi connectivity index (χ3n) is 4.44. The SMILES string of the molecule is COCC(NCCCN(C)C1CCCCC1)C(C)C. The smallest absolute Gasteiger partial charge is 0.0618 e. The van der Waals surface area contributed by atoms with E-state index in [-0.39, 0.29) is 0 Å². The molecule has 1 unspecified atom stereocenters. The molecule has 0 spiro atoms. The van der Waals surface area contributed by atoms with Gasteiger partial charge in [0.05, 0.1) is 6.61 Å². The number of nitrogens with one attached hydrogen (secondary N) is 1. The summed E-state index contributed by atoms with van der Waals surface area (Å²) < 4.78 is 5.27. The second-order valence-corrected chi connectivity index (χ2v) is 6.39. The summed E-state index contributed by atoms with van der Waals surface area (Å²) in [6, 6.07) is 1.33. The molecule has 1 aliphatic carbocycles. The lowest BCUT2D eigenvalue weighted by molar-refractivity contribution is 0.144. The van der Waals surface area contributed by atoms with Crippen LogP contribution in [0.3, 0.4) is 0 Å². The quantitative estimate of drug-likeness (QED) is 0.652. The van der Waals surface area contributed by atoms with E-state index >= 15 is 0 Å². The monoisotopic (exact) mass is 270 g/mol. The minimum atomic E-state index is 0.491. The molecule has 0 aromatic rings. The van der Waals surface area contributed by atoms with Crippen molar-refractivity contribution in [1.29, 1.82) is 0 Å². The van der Waals surface area contributed by atoms with Crippen molar-refractivity contribution in [3.8, 4) is 0 Å². The van der Waals surface area contributed by atoms with Crippen LogP contribution in [-0.4, -0.2) is 50.8 Å². The maximum atomic E-state index is 5.27. The Bertz CT molecular complexity index is 215. The van der Waals surface area contributed by atoms with Crippen LogP contribution in [0.5, 0.6) is 0 Å². The fourth-order valence-electron chi connectivity index (χ4n) is 2.99. The van der Waals surface area contributed by atoms with Crippen molar-refractivity contribution in [3.63, 3.8) is 0 Å². The van der Waals surface area contributed by atoms with Crippen LogP contribution in [0.15, 0.2) is 0 Å². The molecular weight excluding hydrogens is 236 g/mol. The van der Waals surface area contributed by atoms with Gasteiger partial charge in [0.2, 0.25) is 0 Å². The van der Waals surface area contributed by atoms with E-state index in [1.165, 1.54) is 45.1 Å². The lowest BCUT2D eigenvalue weighted by atomic mass is 9.94. The summed E-state index contributed by atoms with van der Waals surface area (Å²) in [5.41, 5.74) is 0. The normalized spacial score (nSPS) is 19.3. The molecule has 1 fully saturated rings. The number of ether oxygens (including phenoxy) is 1. The summed E-state index contributed by atoms with van der Waals surface area (Å²) in [5, 5.41) is 3.63. The van der Waals surface area contributed by atoms with Gasteiger partial charge in [0.15, 0.2) is 0 Å². The number of methoxy groups -OCH3 is 1. The van der Waals surface area contributed by atoms with Crippen molar-refractivity contribution in [2.45, 2.75) is 64.5 Å². The van der Waals surface area contributed by atoms with E-state index in [4.69, 9.17) is 4.74 Å². The zero-order valence-electron chi connectivity index (χ0n) is 13.5. The Morgan fingerprint density at radius 1 is 1.21 bits per heavy atom. The first kappa shape index (κ1) is 16.9. The van der Waals surface area contributed by atoms with Crippen LogP contribution >= 0.6 is 0 Å². The summed E-state index contributed by atoms with van der Waals surface area (Å²) in [6.07, 6.45) is 8.34. The van der Waals surface area contributed by atoms with Crippen LogP contribution in [-0.2, 0) is 4.74 Å². The highest BCUT2D eigenvalue weighted by atomic mass is 16.5. The molecule has 1 N–H and O–H groups in total. The third-order valence-corrected chi connectivity index (χ3v) is 4.44. The molecule has 1 aliphatic rings. The summed E-state index contributed by atoms with van der Waals surface area (Å²) in [4.78, 5) is 2.57. The van der Waals surface area contributed by atoms with Crippen LogP contribution < -0.4 is 5.32 Å². The molecule has 0 heterocycles. The molecule has 0 aromatic heterocycles. The Hall–Kier alpha value is -0.120. The standard InChI is InChI=1S/C16H34N2O/c1-14(2)16(13-19-4)17-11-8-12-18(3)15-9-6-5-7-10-15/h14-17H,5-13H2,1-4H3. The fraction of sp³-hybridized carbons (Fsp3) is 1.00. The fourth-order valence-corrected chi connectivity index (χ4v) is 2.99. The largest absolute Gasteiger partial charge is 0.383 e. The number of hydrogen-bond donors (Lipinski definition) is 1. The molecule has 1 saturated carbocycles. The van der Waals surface area contributed by atoms with Crippen molar-refractivity contribution >= 4 is 0 Å². The molecule has 0 bridgehead atoms. The van der Waals surface area contributed by atoms with Gasteiger partial charge in [0.25, 0.3) is 0 Å². The summed E-state index contributed by atoms with van der Waals surface area (Å²) in [5.74, 6) is 0.635. The molecule has 19 heavy (non-hydrogen) atoms. The highest BCUT2D eigenvalue weighted by molar-refractivity contribution is 4.74. The van der Waals surface area contributed by atoms with Crippen molar-refractivity contribution < 1.29 is 4.74 Å². The average molecular weight is 270 g/mol. The van der Waals surface area contributed by atoms with Gasteiger partial charge in [0.1, 0.15) is 0 Å². The van der Waals surface area contributed by atoms with Crippen molar-refractivity contribution in [1.82, 2.24) is 10.2 Å². The van der Waals surface area contributed by atoms with Gasteiger partial charge in [0, 0.05) is 19.2 Å². The van der Waals surface area contributed by atoms with Gasteiger partial charge in [-0.3, -0.25) is 0 Å². The molecule has 1 atom stereocenters. The molecule has 0 aliphatic heterocycles. The lowest BCUT2D eigenvalue weighted by Crippen LogP contribution is -2.40. The highest BCUT2D eigenvalue weighted by Crippen LogP contribution is 2.21. The molecule has 3 nitrogen and oxygen atoms in total. The van der Waals surface area contributed by atoms with Gasteiger partial charge < -0.3 is 15.0 Å². The van der Waals surface area contributed by atoms with E-state index < -0.39 is 0 Å². The van der Waals surface area contributed by atoms with Crippen molar-refractivity contribution in [3.05, 3.63) is 0 Å². The van der Waals surface area contributed by atoms with Gasteiger partial charge in [-0.25, -0.2) is 0 Å². The predicted molar refractivity (Wildman–Crippen MR) is 82.6 cm³/mol. The van der Waals surface area contributed by atoms with Gasteiger partial charge in [-0.2, -0.15) is 0 Å². The molecule has 114 valence electrons. The first-order valence-corrected chi connectivity index (χ1v) is 8.07. The number of hydrogen-bond acceptors (Lipinski definition) is 3. The molecule has 1 rings (SSSR count). The second kappa shape index (κ2) is 9.73. The van der Waals surface area contributed by atoms with Crippen LogP contribution in [0.1, 0.15) is 52.4 Å². The second-order valence-electron chi connectivity index (χ2n) is 6.39.